The first-order chi connectivity index (χ1) is 13.3. The molecule has 3 rings (SSSR count). The Morgan fingerprint density at radius 3 is 2.85 bits per heavy atom. The lowest BCUT2D eigenvalue weighted by Gasteiger charge is -2.10. The van der Waals surface area contributed by atoms with Gasteiger partial charge >= 0.3 is 0 Å². The van der Waals surface area contributed by atoms with Gasteiger partial charge in [0.05, 0.1) is 25.5 Å². The van der Waals surface area contributed by atoms with Crippen molar-refractivity contribution in [2.24, 2.45) is 15.9 Å². The van der Waals surface area contributed by atoms with E-state index in [1.54, 1.807) is 6.21 Å². The Balaban J connectivity index is 1.44. The Hall–Kier alpha value is -2.15. The normalized spacial score (nSPS) is 17.6. The molecule has 0 radical (unpaired) electrons. The third kappa shape index (κ3) is 7.17. The van der Waals surface area contributed by atoms with Crippen molar-refractivity contribution in [2.75, 3.05) is 13.2 Å². The third-order valence-electron chi connectivity index (χ3n) is 4.14. The lowest BCUT2D eigenvalue weighted by molar-refractivity contribution is 0.0106. The van der Waals surface area contributed by atoms with Crippen molar-refractivity contribution < 1.29 is 9.47 Å². The molecule has 5 nitrogen and oxygen atoms in total. The van der Waals surface area contributed by atoms with Gasteiger partial charge in [-0.15, -0.1) is 5.10 Å². The highest BCUT2D eigenvalue weighted by molar-refractivity contribution is 8.13. The van der Waals surface area contributed by atoms with Gasteiger partial charge in [-0.1, -0.05) is 60.3 Å². The molecule has 1 saturated heterocycles. The predicted molar refractivity (Wildman–Crippen MR) is 112 cm³/mol. The minimum Gasteiger partial charge on any atom is -0.377 e. The Labute approximate surface area is 164 Å². The summed E-state index contributed by atoms with van der Waals surface area (Å²) in [5, 5.41) is 8.60. The number of rotatable bonds is 8. The van der Waals surface area contributed by atoms with Gasteiger partial charge in [0.15, 0.2) is 5.17 Å². The molecule has 0 amide bonds. The molecule has 0 aliphatic carbocycles. The molecule has 142 valence electrons. The first-order valence-electron chi connectivity index (χ1n) is 9.11. The number of hydrogen-bond donors (Lipinski definition) is 1. The number of nitrogens with two attached hydrogens (primary N) is 1. The molecule has 1 atom stereocenters. The summed E-state index contributed by atoms with van der Waals surface area (Å²) in [6, 6.07) is 18.2. The molecule has 1 aliphatic rings. The van der Waals surface area contributed by atoms with Crippen LogP contribution in [0.15, 0.2) is 64.8 Å². The summed E-state index contributed by atoms with van der Waals surface area (Å²) in [6.45, 7) is 2.07. The van der Waals surface area contributed by atoms with Crippen LogP contribution in [0, 0.1) is 0 Å². The predicted octanol–water partition coefficient (Wildman–Crippen LogP) is 3.96. The highest BCUT2D eigenvalue weighted by Crippen LogP contribution is 2.14. The summed E-state index contributed by atoms with van der Waals surface area (Å²) >= 11 is 1.47. The van der Waals surface area contributed by atoms with Crippen molar-refractivity contribution in [3.63, 3.8) is 0 Å². The molecule has 2 aromatic carbocycles. The molecule has 0 bridgehead atoms. The zero-order chi connectivity index (χ0) is 18.7. The molecule has 27 heavy (non-hydrogen) atoms. The topological polar surface area (TPSA) is 69.2 Å². The van der Waals surface area contributed by atoms with Crippen LogP contribution in [-0.2, 0) is 21.8 Å². The van der Waals surface area contributed by atoms with Crippen molar-refractivity contribution in [3.05, 3.63) is 71.3 Å². The fourth-order valence-electron chi connectivity index (χ4n) is 2.76. The maximum Gasteiger partial charge on any atom is 0.180 e. The van der Waals surface area contributed by atoms with E-state index in [-0.39, 0.29) is 6.10 Å². The second-order valence-electron chi connectivity index (χ2n) is 6.35. The molecule has 1 fully saturated rings. The summed E-state index contributed by atoms with van der Waals surface area (Å²) in [4.78, 5) is 0. The van der Waals surface area contributed by atoms with E-state index in [1.807, 2.05) is 42.5 Å². The molecule has 0 spiro atoms. The van der Waals surface area contributed by atoms with Gasteiger partial charge in [-0.3, -0.25) is 0 Å². The first-order valence-corrected chi connectivity index (χ1v) is 10.1. The summed E-state index contributed by atoms with van der Waals surface area (Å²) < 4.78 is 11.3. The van der Waals surface area contributed by atoms with Crippen LogP contribution in [0.3, 0.4) is 0 Å². The van der Waals surface area contributed by atoms with E-state index in [0.29, 0.717) is 18.4 Å². The van der Waals surface area contributed by atoms with Crippen LogP contribution >= 0.6 is 11.8 Å². The maximum absolute atomic E-state index is 5.91. The Bertz CT molecular complexity index is 759. The van der Waals surface area contributed by atoms with Gasteiger partial charge in [-0.2, -0.15) is 5.10 Å². The molecule has 2 N–H and O–H groups in total. The second kappa shape index (κ2) is 10.9. The van der Waals surface area contributed by atoms with E-state index in [1.165, 1.54) is 17.3 Å². The molecular weight excluding hydrogens is 358 g/mol. The number of amidine groups is 1. The average Bonchev–Trinajstić information content (AvgIpc) is 3.21. The minimum absolute atomic E-state index is 0.250. The molecule has 6 heteroatoms. The van der Waals surface area contributed by atoms with E-state index in [4.69, 9.17) is 15.2 Å². The van der Waals surface area contributed by atoms with Gasteiger partial charge in [-0.05, 0) is 35.6 Å². The van der Waals surface area contributed by atoms with Crippen LogP contribution < -0.4 is 5.73 Å². The quantitative estimate of drug-likeness (QED) is 0.425. The van der Waals surface area contributed by atoms with Crippen LogP contribution in [0.2, 0.25) is 0 Å². The molecule has 0 saturated carbocycles. The summed E-state index contributed by atoms with van der Waals surface area (Å²) in [6.07, 6.45) is 4.18. The van der Waals surface area contributed by atoms with Gasteiger partial charge in [-0.25, -0.2) is 0 Å². The Morgan fingerprint density at radius 2 is 2.04 bits per heavy atom. The number of hydrogen-bond acceptors (Lipinski definition) is 5. The van der Waals surface area contributed by atoms with Crippen LogP contribution in [0.4, 0.5) is 0 Å². The highest BCUT2D eigenvalue weighted by atomic mass is 32.2. The Kier molecular flexibility index (Phi) is 7.89. The fourth-order valence-corrected chi connectivity index (χ4v) is 3.37. The smallest absolute Gasteiger partial charge is 0.180 e. The van der Waals surface area contributed by atoms with E-state index in [2.05, 4.69) is 22.3 Å². The largest absolute Gasteiger partial charge is 0.377 e. The van der Waals surface area contributed by atoms with Gasteiger partial charge in [0.25, 0.3) is 0 Å². The number of benzene rings is 2. The van der Waals surface area contributed by atoms with Gasteiger partial charge in [0.1, 0.15) is 0 Å². The number of thioether (sulfide) groups is 1. The van der Waals surface area contributed by atoms with Crippen LogP contribution in [0.25, 0.3) is 0 Å². The summed E-state index contributed by atoms with van der Waals surface area (Å²) in [5.41, 5.74) is 9.19. The van der Waals surface area contributed by atoms with E-state index in [9.17, 15) is 0 Å². The molecule has 1 aliphatic heterocycles. The summed E-state index contributed by atoms with van der Waals surface area (Å²) in [7, 11) is 0. The van der Waals surface area contributed by atoms with Gasteiger partial charge in [0.2, 0.25) is 0 Å². The SMILES string of the molecule is NC(=NN=Cc1cccc(COCC2CCCO2)c1)SCc1ccccc1. The van der Waals surface area contributed by atoms with Crippen molar-refractivity contribution in [1.82, 2.24) is 0 Å². The lowest BCUT2D eigenvalue weighted by Crippen LogP contribution is -2.13. The lowest BCUT2D eigenvalue weighted by atomic mass is 10.1. The monoisotopic (exact) mass is 383 g/mol. The number of ether oxygens (including phenoxy) is 2. The zero-order valence-electron chi connectivity index (χ0n) is 15.3. The standard InChI is InChI=1S/C21H25N3O2S/c22-21(27-16-17-6-2-1-3-7-17)24-23-13-18-8-4-9-19(12-18)14-25-15-20-10-5-11-26-20/h1-4,6-9,12-13,20H,5,10-11,14-16H2,(H2,22,24). The molecular formula is C21H25N3O2S. The third-order valence-corrected chi connectivity index (χ3v) is 5.00. The van der Waals surface area contributed by atoms with E-state index >= 15 is 0 Å². The fraction of sp³-hybridized carbons (Fsp3) is 0.333. The minimum atomic E-state index is 0.250. The summed E-state index contributed by atoms with van der Waals surface area (Å²) in [5.74, 6) is 0.781. The first kappa shape index (κ1) is 19.6. The van der Waals surface area contributed by atoms with Crippen molar-refractivity contribution >= 4 is 23.1 Å². The average molecular weight is 384 g/mol. The van der Waals surface area contributed by atoms with Crippen molar-refractivity contribution in [3.8, 4) is 0 Å². The van der Waals surface area contributed by atoms with Gasteiger partial charge < -0.3 is 15.2 Å². The zero-order valence-corrected chi connectivity index (χ0v) is 16.1. The molecule has 1 heterocycles. The van der Waals surface area contributed by atoms with E-state index < -0.39 is 0 Å². The van der Waals surface area contributed by atoms with Crippen LogP contribution in [0.1, 0.15) is 29.5 Å². The second-order valence-corrected chi connectivity index (χ2v) is 7.35. The van der Waals surface area contributed by atoms with Gasteiger partial charge in [0, 0.05) is 12.4 Å². The maximum atomic E-state index is 5.91. The Morgan fingerprint density at radius 1 is 1.19 bits per heavy atom. The van der Waals surface area contributed by atoms with Crippen molar-refractivity contribution in [1.29, 1.82) is 0 Å². The molecule has 0 aromatic heterocycles. The van der Waals surface area contributed by atoms with Crippen LogP contribution in [0.5, 0.6) is 0 Å². The number of nitrogens with zero attached hydrogens (tertiary/aromatic N) is 2. The molecule has 1 unspecified atom stereocenters. The van der Waals surface area contributed by atoms with Crippen molar-refractivity contribution in [2.45, 2.75) is 31.3 Å². The highest BCUT2D eigenvalue weighted by Gasteiger charge is 2.15. The molecule has 2 aromatic rings. The van der Waals surface area contributed by atoms with E-state index in [0.717, 1.165) is 36.3 Å². The van der Waals surface area contributed by atoms with Crippen LogP contribution in [-0.4, -0.2) is 30.7 Å².